The Hall–Kier alpha value is -0.950. The summed E-state index contributed by atoms with van der Waals surface area (Å²) in [6.07, 6.45) is 0.942. The zero-order valence-electron chi connectivity index (χ0n) is 11.8. The molecule has 5 nitrogen and oxygen atoms in total. The van der Waals surface area contributed by atoms with Gasteiger partial charge in [0.1, 0.15) is 10.4 Å². The van der Waals surface area contributed by atoms with Gasteiger partial charge in [-0.05, 0) is 31.2 Å². The Labute approximate surface area is 127 Å². The fourth-order valence-corrected chi connectivity index (χ4v) is 2.81. The maximum Gasteiger partial charge on any atom is 0.269 e. The van der Waals surface area contributed by atoms with E-state index >= 15 is 0 Å². The van der Waals surface area contributed by atoms with Gasteiger partial charge in [0.05, 0.1) is 11.6 Å². The number of aromatic nitrogens is 2. The Morgan fingerprint density at radius 1 is 1.55 bits per heavy atom. The van der Waals surface area contributed by atoms with Crippen molar-refractivity contribution in [2.75, 3.05) is 13.2 Å². The van der Waals surface area contributed by atoms with Gasteiger partial charge in [-0.15, -0.1) is 11.3 Å². The summed E-state index contributed by atoms with van der Waals surface area (Å²) >= 11 is 7.67. The van der Waals surface area contributed by atoms with Gasteiger partial charge in [-0.3, -0.25) is 0 Å². The molecule has 2 rings (SSSR count). The molecule has 0 bridgehead atoms. The molecule has 20 heavy (non-hydrogen) atoms. The van der Waals surface area contributed by atoms with Crippen LogP contribution in [0.15, 0.2) is 9.90 Å². The van der Waals surface area contributed by atoms with Crippen molar-refractivity contribution >= 4 is 22.9 Å². The molecule has 2 aromatic rings. The molecule has 0 aliphatic carbocycles. The van der Waals surface area contributed by atoms with Crippen LogP contribution in [0, 0.1) is 6.92 Å². The van der Waals surface area contributed by atoms with Crippen LogP contribution >= 0.6 is 22.9 Å². The summed E-state index contributed by atoms with van der Waals surface area (Å²) in [7, 11) is 0. The third kappa shape index (κ3) is 3.20. The molecule has 1 unspecified atom stereocenters. The number of halogens is 1. The Bertz CT molecular complexity index is 580. The summed E-state index contributed by atoms with van der Waals surface area (Å²) in [4.78, 5) is 5.12. The molecule has 0 saturated carbocycles. The predicted molar refractivity (Wildman–Crippen MR) is 80.0 cm³/mol. The average Bonchev–Trinajstić information content (AvgIpc) is 2.99. The third-order valence-corrected chi connectivity index (χ3v) is 4.47. The van der Waals surface area contributed by atoms with Gasteiger partial charge in [0.15, 0.2) is 5.82 Å². The molecule has 0 fully saturated rings. The largest absolute Gasteiger partial charge is 0.379 e. The number of ether oxygens (including phenoxy) is 1. The summed E-state index contributed by atoms with van der Waals surface area (Å²) in [6.45, 7) is 6.80. The lowest BCUT2D eigenvalue weighted by Gasteiger charge is -2.19. The SMILES string of the molecule is CCCOCC(C)(N)c1noc(-c2scc(C)c2Cl)n1. The fourth-order valence-electron chi connectivity index (χ4n) is 1.61. The minimum absolute atomic E-state index is 0.344. The molecule has 0 saturated heterocycles. The van der Waals surface area contributed by atoms with Crippen molar-refractivity contribution in [2.45, 2.75) is 32.7 Å². The predicted octanol–water partition coefficient (Wildman–Crippen LogP) is 3.36. The second-order valence-electron chi connectivity index (χ2n) is 4.96. The lowest BCUT2D eigenvalue weighted by atomic mass is 10.1. The lowest BCUT2D eigenvalue weighted by molar-refractivity contribution is 0.0867. The molecule has 1 atom stereocenters. The van der Waals surface area contributed by atoms with Crippen LogP contribution < -0.4 is 5.73 Å². The van der Waals surface area contributed by atoms with E-state index in [1.54, 1.807) is 0 Å². The molecule has 0 aliphatic rings. The summed E-state index contributed by atoms with van der Waals surface area (Å²) in [5.74, 6) is 0.820. The summed E-state index contributed by atoms with van der Waals surface area (Å²) in [5.41, 5.74) is 6.39. The van der Waals surface area contributed by atoms with E-state index in [-0.39, 0.29) is 0 Å². The maximum absolute atomic E-state index is 6.20. The van der Waals surface area contributed by atoms with Crippen LogP contribution in [-0.2, 0) is 10.3 Å². The molecular formula is C13H18ClN3O2S. The zero-order valence-corrected chi connectivity index (χ0v) is 13.3. The Morgan fingerprint density at radius 2 is 2.30 bits per heavy atom. The number of hydrogen-bond acceptors (Lipinski definition) is 6. The Morgan fingerprint density at radius 3 is 2.90 bits per heavy atom. The van der Waals surface area contributed by atoms with Gasteiger partial charge < -0.3 is 15.0 Å². The second-order valence-corrected chi connectivity index (χ2v) is 6.21. The normalized spacial score (nSPS) is 14.4. The summed E-state index contributed by atoms with van der Waals surface area (Å²) < 4.78 is 10.7. The quantitative estimate of drug-likeness (QED) is 0.827. The number of aryl methyl sites for hydroxylation is 1. The minimum Gasteiger partial charge on any atom is -0.379 e. The van der Waals surface area contributed by atoms with Gasteiger partial charge in [-0.2, -0.15) is 4.98 Å². The molecule has 2 heterocycles. The Balaban J connectivity index is 2.18. The number of nitrogens with two attached hydrogens (primary N) is 1. The van der Waals surface area contributed by atoms with E-state index in [0.29, 0.717) is 30.0 Å². The van der Waals surface area contributed by atoms with Crippen LogP contribution in [0.1, 0.15) is 31.7 Å². The first-order valence-electron chi connectivity index (χ1n) is 6.40. The van der Waals surface area contributed by atoms with E-state index in [1.165, 1.54) is 11.3 Å². The standard InChI is InChI=1S/C13H18ClN3O2S/c1-4-5-18-7-13(3,15)12-16-11(19-17-12)10-9(14)8(2)6-20-10/h6H,4-5,7,15H2,1-3H3. The van der Waals surface area contributed by atoms with Crippen molar-refractivity contribution in [1.29, 1.82) is 0 Å². The highest BCUT2D eigenvalue weighted by Gasteiger charge is 2.29. The van der Waals surface area contributed by atoms with E-state index in [1.807, 2.05) is 26.2 Å². The van der Waals surface area contributed by atoms with Crippen LogP contribution in [0.2, 0.25) is 5.02 Å². The number of hydrogen-bond donors (Lipinski definition) is 1. The first-order chi connectivity index (χ1) is 9.45. The van der Waals surface area contributed by atoms with Gasteiger partial charge in [-0.25, -0.2) is 0 Å². The highest BCUT2D eigenvalue weighted by Crippen LogP contribution is 2.35. The van der Waals surface area contributed by atoms with Crippen LogP contribution in [0.3, 0.4) is 0 Å². The van der Waals surface area contributed by atoms with Crippen molar-refractivity contribution in [1.82, 2.24) is 10.1 Å². The summed E-state index contributed by atoms with van der Waals surface area (Å²) in [6, 6.07) is 0. The summed E-state index contributed by atoms with van der Waals surface area (Å²) in [5, 5.41) is 6.55. The first kappa shape index (κ1) is 15.4. The van der Waals surface area contributed by atoms with Crippen LogP contribution in [0.25, 0.3) is 10.8 Å². The van der Waals surface area contributed by atoms with Gasteiger partial charge in [0.25, 0.3) is 5.89 Å². The van der Waals surface area contributed by atoms with Gasteiger partial charge in [0.2, 0.25) is 0 Å². The lowest BCUT2D eigenvalue weighted by Crippen LogP contribution is -2.39. The average molecular weight is 316 g/mol. The van der Waals surface area contributed by atoms with Crippen molar-refractivity contribution in [3.63, 3.8) is 0 Å². The molecule has 2 N–H and O–H groups in total. The molecule has 7 heteroatoms. The fraction of sp³-hybridized carbons (Fsp3) is 0.538. The smallest absolute Gasteiger partial charge is 0.269 e. The van der Waals surface area contributed by atoms with Crippen molar-refractivity contribution in [2.24, 2.45) is 5.73 Å². The van der Waals surface area contributed by atoms with Crippen LogP contribution in [-0.4, -0.2) is 23.4 Å². The molecule has 0 aromatic carbocycles. The van der Waals surface area contributed by atoms with Crippen LogP contribution in [0.4, 0.5) is 0 Å². The molecule has 0 radical (unpaired) electrons. The molecule has 0 aliphatic heterocycles. The van der Waals surface area contributed by atoms with E-state index < -0.39 is 5.54 Å². The molecule has 110 valence electrons. The highest BCUT2D eigenvalue weighted by atomic mass is 35.5. The maximum atomic E-state index is 6.20. The van der Waals surface area contributed by atoms with Crippen molar-refractivity contribution in [3.05, 3.63) is 21.8 Å². The molecule has 0 spiro atoms. The second kappa shape index (κ2) is 6.22. The number of rotatable bonds is 6. The van der Waals surface area contributed by atoms with E-state index in [9.17, 15) is 0 Å². The topological polar surface area (TPSA) is 74.2 Å². The third-order valence-electron chi connectivity index (χ3n) is 2.78. The first-order valence-corrected chi connectivity index (χ1v) is 7.66. The van der Waals surface area contributed by atoms with E-state index in [0.717, 1.165) is 16.9 Å². The molecular weight excluding hydrogens is 298 g/mol. The van der Waals surface area contributed by atoms with Crippen molar-refractivity contribution < 1.29 is 9.26 Å². The molecule has 2 aromatic heterocycles. The number of thiophene rings is 1. The van der Waals surface area contributed by atoms with Crippen molar-refractivity contribution in [3.8, 4) is 10.8 Å². The minimum atomic E-state index is -0.782. The van der Waals surface area contributed by atoms with Crippen LogP contribution in [0.5, 0.6) is 0 Å². The van der Waals surface area contributed by atoms with Gasteiger partial charge >= 0.3 is 0 Å². The van der Waals surface area contributed by atoms with Gasteiger partial charge in [0, 0.05) is 6.61 Å². The van der Waals surface area contributed by atoms with E-state index in [2.05, 4.69) is 10.1 Å². The highest BCUT2D eigenvalue weighted by molar-refractivity contribution is 7.14. The Kier molecular flexibility index (Phi) is 4.80. The van der Waals surface area contributed by atoms with E-state index in [4.69, 9.17) is 26.6 Å². The zero-order chi connectivity index (χ0) is 14.8. The molecule has 0 amide bonds. The monoisotopic (exact) mass is 315 g/mol. The van der Waals surface area contributed by atoms with Gasteiger partial charge in [-0.1, -0.05) is 23.7 Å². The number of nitrogens with zero attached hydrogens (tertiary/aromatic N) is 2.